The van der Waals surface area contributed by atoms with Crippen LogP contribution in [0.4, 0.5) is 5.82 Å². The summed E-state index contributed by atoms with van der Waals surface area (Å²) in [5.41, 5.74) is 3.83. The number of aryl methyl sites for hydroxylation is 2. The lowest BCUT2D eigenvalue weighted by molar-refractivity contribution is 0.0981. The van der Waals surface area contributed by atoms with Gasteiger partial charge in [-0.15, -0.1) is 0 Å². The van der Waals surface area contributed by atoms with Crippen LogP contribution in [0.2, 0.25) is 0 Å². The lowest BCUT2D eigenvalue weighted by Gasteiger charge is -2.48. The molecule has 1 fully saturated rings. The number of nitrogens with zero attached hydrogens (tertiary/aromatic N) is 10. The highest BCUT2D eigenvalue weighted by atomic mass is 16.1. The van der Waals surface area contributed by atoms with Crippen LogP contribution in [0.15, 0.2) is 29.3 Å². The predicted octanol–water partition coefficient (Wildman–Crippen LogP) is 2.45. The van der Waals surface area contributed by atoms with Crippen LogP contribution in [0.1, 0.15) is 51.0 Å². The Kier molecular flexibility index (Phi) is 6.22. The molecule has 0 unspecified atom stereocenters. The van der Waals surface area contributed by atoms with E-state index < -0.39 is 0 Å². The molecule has 0 aliphatic carbocycles. The quantitative estimate of drug-likeness (QED) is 0.407. The summed E-state index contributed by atoms with van der Waals surface area (Å²) in [6.45, 7) is 10.2. The molecular formula is C25H32N10O. The minimum atomic E-state index is -0.319. The van der Waals surface area contributed by atoms with Gasteiger partial charge in [0.05, 0.1) is 41.4 Å². The lowest BCUT2D eigenvalue weighted by Crippen LogP contribution is -2.59. The molecule has 36 heavy (non-hydrogen) atoms. The SMILES string of the molecule is CC[C@H]1CN([C@H](C)c2ccc3nc(C)cn3n2)[C@H](CC)CN1c1nc(=O)n(C)c2cn(CC#N)nc12. The molecule has 188 valence electrons. The van der Waals surface area contributed by atoms with Gasteiger partial charge in [0, 0.05) is 32.2 Å². The molecule has 1 aliphatic rings. The number of hydrogen-bond acceptors (Lipinski definition) is 8. The zero-order valence-corrected chi connectivity index (χ0v) is 21.5. The molecule has 0 N–H and O–H groups in total. The van der Waals surface area contributed by atoms with E-state index in [0.29, 0.717) is 16.9 Å². The molecular weight excluding hydrogens is 456 g/mol. The topological polar surface area (TPSA) is 113 Å². The lowest BCUT2D eigenvalue weighted by atomic mass is 9.99. The maximum absolute atomic E-state index is 12.8. The Balaban J connectivity index is 1.50. The van der Waals surface area contributed by atoms with Crippen molar-refractivity contribution in [2.24, 2.45) is 7.05 Å². The van der Waals surface area contributed by atoms with Crippen molar-refractivity contribution in [2.45, 2.75) is 65.2 Å². The highest BCUT2D eigenvalue weighted by molar-refractivity contribution is 5.85. The van der Waals surface area contributed by atoms with E-state index in [1.54, 1.807) is 17.9 Å². The molecule has 0 radical (unpaired) electrons. The summed E-state index contributed by atoms with van der Waals surface area (Å²) in [6, 6.07) is 6.73. The van der Waals surface area contributed by atoms with E-state index in [1.165, 1.54) is 4.57 Å². The van der Waals surface area contributed by atoms with Crippen LogP contribution in [0.3, 0.4) is 0 Å². The molecule has 5 rings (SSSR count). The first kappa shape index (κ1) is 23.9. The molecule has 4 aromatic rings. The number of rotatable bonds is 6. The first-order chi connectivity index (χ1) is 17.3. The van der Waals surface area contributed by atoms with Crippen LogP contribution < -0.4 is 10.6 Å². The highest BCUT2D eigenvalue weighted by Gasteiger charge is 2.37. The molecule has 1 saturated heterocycles. The summed E-state index contributed by atoms with van der Waals surface area (Å²) in [5, 5.41) is 18.6. The number of anilines is 1. The van der Waals surface area contributed by atoms with E-state index >= 15 is 0 Å². The molecule has 4 aromatic heterocycles. The molecule has 11 nitrogen and oxygen atoms in total. The summed E-state index contributed by atoms with van der Waals surface area (Å²) in [7, 11) is 1.69. The van der Waals surface area contributed by atoms with Crippen molar-refractivity contribution in [3.8, 4) is 6.07 Å². The van der Waals surface area contributed by atoms with Gasteiger partial charge in [0.2, 0.25) is 0 Å². The van der Waals surface area contributed by atoms with Gasteiger partial charge in [-0.1, -0.05) is 13.8 Å². The average molecular weight is 489 g/mol. The van der Waals surface area contributed by atoms with Gasteiger partial charge in [0.15, 0.2) is 17.0 Å². The maximum atomic E-state index is 12.8. The van der Waals surface area contributed by atoms with E-state index in [4.69, 9.17) is 10.4 Å². The average Bonchev–Trinajstić information content (AvgIpc) is 3.47. The van der Waals surface area contributed by atoms with Gasteiger partial charge in [-0.3, -0.25) is 14.1 Å². The van der Waals surface area contributed by atoms with Crippen molar-refractivity contribution in [1.82, 2.24) is 38.8 Å². The van der Waals surface area contributed by atoms with Crippen molar-refractivity contribution in [3.63, 3.8) is 0 Å². The molecule has 0 bridgehead atoms. The number of nitriles is 1. The summed E-state index contributed by atoms with van der Waals surface area (Å²) in [4.78, 5) is 26.5. The minimum absolute atomic E-state index is 0.115. The number of hydrogen-bond donors (Lipinski definition) is 0. The fourth-order valence-electron chi connectivity index (χ4n) is 5.32. The van der Waals surface area contributed by atoms with Crippen LogP contribution in [0.25, 0.3) is 16.7 Å². The summed E-state index contributed by atoms with van der Waals surface area (Å²) >= 11 is 0. The van der Waals surface area contributed by atoms with Crippen molar-refractivity contribution in [3.05, 3.63) is 46.4 Å². The maximum Gasteiger partial charge on any atom is 0.349 e. The summed E-state index contributed by atoms with van der Waals surface area (Å²) in [6.07, 6.45) is 5.54. The van der Waals surface area contributed by atoms with Crippen molar-refractivity contribution in [2.75, 3.05) is 18.0 Å². The van der Waals surface area contributed by atoms with Crippen LogP contribution >= 0.6 is 0 Å². The third kappa shape index (κ3) is 4.01. The Hall–Kier alpha value is -3.78. The number of imidazole rings is 1. The molecule has 1 aliphatic heterocycles. The molecule has 3 atom stereocenters. The fourth-order valence-corrected chi connectivity index (χ4v) is 5.32. The monoisotopic (exact) mass is 488 g/mol. The summed E-state index contributed by atoms with van der Waals surface area (Å²) < 4.78 is 4.93. The Morgan fingerprint density at radius 1 is 1.11 bits per heavy atom. The minimum Gasteiger partial charge on any atom is -0.349 e. The summed E-state index contributed by atoms with van der Waals surface area (Å²) in [5.74, 6) is 0.607. The fraction of sp³-hybridized carbons (Fsp3) is 0.520. The zero-order valence-electron chi connectivity index (χ0n) is 21.5. The Bertz CT molecular complexity index is 1510. The molecule has 11 heteroatoms. The van der Waals surface area contributed by atoms with E-state index in [2.05, 4.69) is 57.8 Å². The van der Waals surface area contributed by atoms with Crippen LogP contribution in [-0.2, 0) is 13.6 Å². The normalized spacial score (nSPS) is 19.7. The zero-order chi connectivity index (χ0) is 25.6. The Morgan fingerprint density at radius 3 is 2.61 bits per heavy atom. The second-order valence-electron chi connectivity index (χ2n) is 9.59. The Labute approximate surface area is 209 Å². The van der Waals surface area contributed by atoms with Crippen molar-refractivity contribution >= 4 is 22.5 Å². The third-order valence-electron chi connectivity index (χ3n) is 7.38. The van der Waals surface area contributed by atoms with Gasteiger partial charge in [-0.05, 0) is 38.8 Å². The number of fused-ring (bicyclic) bond motifs is 2. The van der Waals surface area contributed by atoms with Gasteiger partial charge < -0.3 is 4.90 Å². The predicted molar refractivity (Wildman–Crippen MR) is 137 cm³/mol. The van der Waals surface area contributed by atoms with Gasteiger partial charge in [-0.25, -0.2) is 14.3 Å². The van der Waals surface area contributed by atoms with E-state index in [0.717, 1.165) is 43.0 Å². The molecule has 5 heterocycles. The van der Waals surface area contributed by atoms with Crippen molar-refractivity contribution in [1.29, 1.82) is 5.26 Å². The van der Waals surface area contributed by atoms with E-state index in [9.17, 15) is 4.79 Å². The highest BCUT2D eigenvalue weighted by Crippen LogP contribution is 2.33. The Morgan fingerprint density at radius 2 is 1.89 bits per heavy atom. The van der Waals surface area contributed by atoms with Gasteiger partial charge in [0.1, 0.15) is 6.54 Å². The van der Waals surface area contributed by atoms with Crippen LogP contribution in [-0.4, -0.2) is 64.0 Å². The van der Waals surface area contributed by atoms with Gasteiger partial charge >= 0.3 is 5.69 Å². The van der Waals surface area contributed by atoms with Crippen molar-refractivity contribution < 1.29 is 0 Å². The molecule has 0 saturated carbocycles. The number of aromatic nitrogens is 7. The standard InChI is InChI=1S/C25H32N10O/c1-6-18-14-34(24-23-21(31(5)25(36)28-24)15-32(30-23)11-10-26)19(7-2)13-33(18)17(4)20-8-9-22-27-16(3)12-35(22)29-20/h8-9,12,15,17-19H,6-7,11,13-14H2,1-5H3/t17-,18-,19+/m1/s1. The van der Waals surface area contributed by atoms with Crippen LogP contribution in [0, 0.1) is 18.3 Å². The molecule has 0 spiro atoms. The van der Waals surface area contributed by atoms with Gasteiger partial charge in [0.25, 0.3) is 0 Å². The largest absolute Gasteiger partial charge is 0.349 e. The smallest absolute Gasteiger partial charge is 0.349 e. The third-order valence-corrected chi connectivity index (χ3v) is 7.38. The first-order valence-corrected chi connectivity index (χ1v) is 12.5. The molecule has 0 amide bonds. The number of piperazine rings is 1. The molecule has 0 aromatic carbocycles. The van der Waals surface area contributed by atoms with E-state index in [1.807, 2.05) is 23.7 Å². The second kappa shape index (κ2) is 9.35. The van der Waals surface area contributed by atoms with Gasteiger partial charge in [-0.2, -0.15) is 20.4 Å². The second-order valence-corrected chi connectivity index (χ2v) is 9.59. The first-order valence-electron chi connectivity index (χ1n) is 12.5. The van der Waals surface area contributed by atoms with Crippen LogP contribution in [0.5, 0.6) is 0 Å². The van der Waals surface area contributed by atoms with E-state index in [-0.39, 0.29) is 30.4 Å².